The summed E-state index contributed by atoms with van der Waals surface area (Å²) in [5.41, 5.74) is 7.19. The van der Waals surface area contributed by atoms with Gasteiger partial charge in [0.25, 0.3) is 0 Å². The van der Waals surface area contributed by atoms with Crippen LogP contribution in [0.3, 0.4) is 0 Å². The highest BCUT2D eigenvalue weighted by atomic mass is 15.1. The van der Waals surface area contributed by atoms with E-state index in [1.165, 1.54) is 64.5 Å². The van der Waals surface area contributed by atoms with Crippen molar-refractivity contribution >= 4 is 0 Å². The molecule has 1 saturated heterocycles. The van der Waals surface area contributed by atoms with Crippen molar-refractivity contribution in [2.24, 2.45) is 28.4 Å². The molecule has 0 radical (unpaired) electrons. The lowest BCUT2D eigenvalue weighted by Gasteiger charge is -2.45. The number of likely N-dealkylation sites (tertiary alicyclic amines) is 1. The Morgan fingerprint density at radius 1 is 0.875 bits per heavy atom. The van der Waals surface area contributed by atoms with Gasteiger partial charge in [0.2, 0.25) is 0 Å². The molecule has 1 heterocycles. The fourth-order valence-electron chi connectivity index (χ4n) is 5.19. The highest BCUT2D eigenvalue weighted by Gasteiger charge is 2.37. The molecule has 0 aromatic carbocycles. The Bertz CT molecular complexity index is 377. The Hall–Kier alpha value is -0.0800. The third-order valence-electron chi connectivity index (χ3n) is 7.60. The van der Waals surface area contributed by atoms with E-state index in [0.29, 0.717) is 22.9 Å². The molecule has 2 aliphatic rings. The van der Waals surface area contributed by atoms with Gasteiger partial charge in [-0.3, -0.25) is 0 Å². The molecule has 142 valence electrons. The molecule has 2 unspecified atom stereocenters. The SMILES string of the molecule is CC(C)N1CCC(C(C)(C)CCC(C)(C)C2CCCC(N)C2)CC1. The molecule has 0 aromatic heterocycles. The van der Waals surface area contributed by atoms with E-state index in [1.807, 2.05) is 0 Å². The van der Waals surface area contributed by atoms with Gasteiger partial charge in [-0.2, -0.15) is 0 Å². The van der Waals surface area contributed by atoms with E-state index in [2.05, 4.69) is 46.4 Å². The smallest absolute Gasteiger partial charge is 0.00416 e. The molecule has 2 nitrogen and oxygen atoms in total. The first kappa shape index (κ1) is 20.2. The summed E-state index contributed by atoms with van der Waals surface area (Å²) in [5.74, 6) is 1.73. The largest absolute Gasteiger partial charge is 0.328 e. The van der Waals surface area contributed by atoms with Crippen molar-refractivity contribution in [2.45, 2.75) is 105 Å². The van der Waals surface area contributed by atoms with Crippen LogP contribution in [0, 0.1) is 22.7 Å². The number of hydrogen-bond donors (Lipinski definition) is 1. The quantitative estimate of drug-likeness (QED) is 0.698. The van der Waals surface area contributed by atoms with E-state index in [9.17, 15) is 0 Å². The number of rotatable bonds is 6. The van der Waals surface area contributed by atoms with Gasteiger partial charge in [0.1, 0.15) is 0 Å². The van der Waals surface area contributed by atoms with Crippen molar-refractivity contribution in [1.82, 2.24) is 4.90 Å². The summed E-state index contributed by atoms with van der Waals surface area (Å²) in [5, 5.41) is 0. The van der Waals surface area contributed by atoms with Gasteiger partial charge in [0.05, 0.1) is 0 Å². The van der Waals surface area contributed by atoms with Crippen LogP contribution < -0.4 is 5.73 Å². The zero-order valence-electron chi connectivity index (χ0n) is 17.4. The maximum Gasteiger partial charge on any atom is 0.00416 e. The normalized spacial score (nSPS) is 28.5. The second-order valence-electron chi connectivity index (χ2n) is 10.5. The predicted molar refractivity (Wildman–Crippen MR) is 106 cm³/mol. The first-order chi connectivity index (χ1) is 11.1. The summed E-state index contributed by atoms with van der Waals surface area (Å²) < 4.78 is 0. The molecule has 1 saturated carbocycles. The average molecular weight is 337 g/mol. The Kier molecular flexibility index (Phi) is 6.81. The third kappa shape index (κ3) is 5.21. The molecule has 0 bridgehead atoms. The topological polar surface area (TPSA) is 29.3 Å². The van der Waals surface area contributed by atoms with Crippen LogP contribution >= 0.6 is 0 Å². The summed E-state index contributed by atoms with van der Waals surface area (Å²) in [6.45, 7) is 17.3. The van der Waals surface area contributed by atoms with Crippen molar-refractivity contribution in [1.29, 1.82) is 0 Å². The molecule has 0 amide bonds. The summed E-state index contributed by atoms with van der Waals surface area (Å²) >= 11 is 0. The van der Waals surface area contributed by atoms with Gasteiger partial charge in [-0.15, -0.1) is 0 Å². The summed E-state index contributed by atoms with van der Waals surface area (Å²) in [6, 6.07) is 1.17. The minimum Gasteiger partial charge on any atom is -0.328 e. The van der Waals surface area contributed by atoms with Crippen molar-refractivity contribution in [3.8, 4) is 0 Å². The Balaban J connectivity index is 1.85. The number of nitrogens with zero attached hydrogens (tertiary/aromatic N) is 1. The Morgan fingerprint density at radius 2 is 1.42 bits per heavy atom. The molecule has 0 spiro atoms. The summed E-state index contributed by atoms with van der Waals surface area (Å²) in [6.07, 6.45) is 10.7. The van der Waals surface area contributed by atoms with Gasteiger partial charge < -0.3 is 10.6 Å². The zero-order chi connectivity index (χ0) is 18.0. The van der Waals surface area contributed by atoms with Crippen LogP contribution in [0.5, 0.6) is 0 Å². The molecule has 2 atom stereocenters. The molecule has 2 rings (SSSR count). The Labute approximate surface area is 151 Å². The second kappa shape index (κ2) is 8.08. The molecule has 0 aromatic rings. The van der Waals surface area contributed by atoms with Crippen LogP contribution in [0.1, 0.15) is 92.9 Å². The summed E-state index contributed by atoms with van der Waals surface area (Å²) in [7, 11) is 0. The standard InChI is InChI=1S/C22H44N2/c1-17(2)24-14-10-18(11-15-24)21(3,4)12-13-22(5,6)19-8-7-9-20(23)16-19/h17-20H,7-16,23H2,1-6H3. The third-order valence-corrected chi connectivity index (χ3v) is 7.60. The van der Waals surface area contributed by atoms with Crippen molar-refractivity contribution in [3.63, 3.8) is 0 Å². The van der Waals surface area contributed by atoms with Gasteiger partial charge >= 0.3 is 0 Å². The van der Waals surface area contributed by atoms with Crippen molar-refractivity contribution in [2.75, 3.05) is 13.1 Å². The van der Waals surface area contributed by atoms with Crippen molar-refractivity contribution in [3.05, 3.63) is 0 Å². The number of piperidine rings is 1. The van der Waals surface area contributed by atoms with Crippen molar-refractivity contribution < 1.29 is 0 Å². The first-order valence-corrected chi connectivity index (χ1v) is 10.6. The van der Waals surface area contributed by atoms with E-state index in [0.717, 1.165) is 11.8 Å². The van der Waals surface area contributed by atoms with Gasteiger partial charge in [0, 0.05) is 12.1 Å². The molecular formula is C22H44N2. The van der Waals surface area contributed by atoms with E-state index in [1.54, 1.807) is 0 Å². The monoisotopic (exact) mass is 336 g/mol. The zero-order valence-corrected chi connectivity index (χ0v) is 17.4. The average Bonchev–Trinajstić information content (AvgIpc) is 2.53. The minimum atomic E-state index is 0.452. The van der Waals surface area contributed by atoms with Crippen LogP contribution in [0.25, 0.3) is 0 Å². The fraction of sp³-hybridized carbons (Fsp3) is 1.00. The van der Waals surface area contributed by atoms with Crippen LogP contribution in [0.2, 0.25) is 0 Å². The lowest BCUT2D eigenvalue weighted by atomic mass is 9.63. The van der Waals surface area contributed by atoms with Crippen LogP contribution in [0.15, 0.2) is 0 Å². The molecule has 1 aliphatic heterocycles. The number of nitrogens with two attached hydrogens (primary N) is 1. The first-order valence-electron chi connectivity index (χ1n) is 10.6. The maximum absolute atomic E-state index is 6.25. The molecule has 2 heteroatoms. The van der Waals surface area contributed by atoms with E-state index in [4.69, 9.17) is 5.73 Å². The highest BCUT2D eigenvalue weighted by molar-refractivity contribution is 4.89. The highest BCUT2D eigenvalue weighted by Crippen LogP contribution is 2.46. The lowest BCUT2D eigenvalue weighted by Crippen LogP contribution is -2.42. The van der Waals surface area contributed by atoms with Gasteiger partial charge in [0.15, 0.2) is 0 Å². The number of hydrogen-bond acceptors (Lipinski definition) is 2. The molecular weight excluding hydrogens is 292 g/mol. The molecule has 24 heavy (non-hydrogen) atoms. The predicted octanol–water partition coefficient (Wildman–Crippen LogP) is 5.46. The minimum absolute atomic E-state index is 0.452. The van der Waals surface area contributed by atoms with Crippen LogP contribution in [-0.2, 0) is 0 Å². The molecule has 1 aliphatic carbocycles. The van der Waals surface area contributed by atoms with Gasteiger partial charge in [-0.05, 0) is 94.5 Å². The van der Waals surface area contributed by atoms with E-state index < -0.39 is 0 Å². The molecule has 2 N–H and O–H groups in total. The second-order valence-corrected chi connectivity index (χ2v) is 10.5. The van der Waals surface area contributed by atoms with E-state index in [-0.39, 0.29) is 0 Å². The van der Waals surface area contributed by atoms with Gasteiger partial charge in [-0.1, -0.05) is 34.1 Å². The van der Waals surface area contributed by atoms with Gasteiger partial charge in [-0.25, -0.2) is 0 Å². The van der Waals surface area contributed by atoms with Crippen LogP contribution in [-0.4, -0.2) is 30.1 Å². The van der Waals surface area contributed by atoms with Crippen LogP contribution in [0.4, 0.5) is 0 Å². The molecule has 2 fully saturated rings. The lowest BCUT2D eigenvalue weighted by molar-refractivity contribution is 0.0555. The summed E-state index contributed by atoms with van der Waals surface area (Å²) in [4.78, 5) is 2.65. The fourth-order valence-corrected chi connectivity index (χ4v) is 5.19. The maximum atomic E-state index is 6.25. The van der Waals surface area contributed by atoms with E-state index >= 15 is 0 Å². The Morgan fingerprint density at radius 3 is 1.92 bits per heavy atom.